The minimum atomic E-state index is 0.130. The summed E-state index contributed by atoms with van der Waals surface area (Å²) >= 11 is 0. The van der Waals surface area contributed by atoms with Gasteiger partial charge < -0.3 is 20.5 Å². The first-order valence-corrected chi connectivity index (χ1v) is 7.60. The Morgan fingerprint density at radius 2 is 2.24 bits per heavy atom. The van der Waals surface area contributed by atoms with Crippen LogP contribution in [0, 0.1) is 0 Å². The molecule has 0 aromatic heterocycles. The van der Waals surface area contributed by atoms with Gasteiger partial charge >= 0.3 is 0 Å². The lowest BCUT2D eigenvalue weighted by atomic mass is 10.1. The van der Waals surface area contributed by atoms with Gasteiger partial charge in [0.25, 0.3) is 0 Å². The second kappa shape index (κ2) is 7.88. The highest BCUT2D eigenvalue weighted by molar-refractivity contribution is 5.77. The van der Waals surface area contributed by atoms with Crippen LogP contribution in [0.5, 0.6) is 5.75 Å². The summed E-state index contributed by atoms with van der Waals surface area (Å²) in [5, 5.41) is 8.91. The molecule has 1 saturated heterocycles. The fourth-order valence-electron chi connectivity index (χ4n) is 2.79. The standard InChI is InChI=1S/C16H24N2O3/c17-14-7-1-2-8-15(14)21-12-9-16(20)18-10-3-5-13(18)6-4-11-19/h1-2,7-8,13,19H,3-6,9-12,17H2. The average molecular weight is 292 g/mol. The first kappa shape index (κ1) is 15.6. The first-order chi connectivity index (χ1) is 10.2. The lowest BCUT2D eigenvalue weighted by Gasteiger charge is -2.24. The molecule has 0 bridgehead atoms. The molecule has 1 aromatic carbocycles. The Bertz CT molecular complexity index is 465. The summed E-state index contributed by atoms with van der Waals surface area (Å²) in [6.45, 7) is 1.35. The largest absolute Gasteiger partial charge is 0.491 e. The number of amides is 1. The number of hydrogen-bond acceptors (Lipinski definition) is 4. The van der Waals surface area contributed by atoms with Crippen molar-refractivity contribution in [3.63, 3.8) is 0 Å². The summed E-state index contributed by atoms with van der Waals surface area (Å²) in [4.78, 5) is 14.2. The number of aliphatic hydroxyl groups is 1. The van der Waals surface area contributed by atoms with Crippen molar-refractivity contribution in [1.29, 1.82) is 0 Å². The molecule has 1 fully saturated rings. The molecule has 5 heteroatoms. The maximum Gasteiger partial charge on any atom is 0.226 e. The fraction of sp³-hybridized carbons (Fsp3) is 0.562. The van der Waals surface area contributed by atoms with E-state index in [2.05, 4.69) is 0 Å². The Morgan fingerprint density at radius 3 is 3.00 bits per heavy atom. The summed E-state index contributed by atoms with van der Waals surface area (Å²) < 4.78 is 5.57. The van der Waals surface area contributed by atoms with E-state index in [0.717, 1.165) is 32.2 Å². The Morgan fingerprint density at radius 1 is 1.43 bits per heavy atom. The number of rotatable bonds is 7. The van der Waals surface area contributed by atoms with Gasteiger partial charge in [0, 0.05) is 19.2 Å². The topological polar surface area (TPSA) is 75.8 Å². The van der Waals surface area contributed by atoms with Crippen LogP contribution in [0.3, 0.4) is 0 Å². The smallest absolute Gasteiger partial charge is 0.226 e. The van der Waals surface area contributed by atoms with E-state index in [0.29, 0.717) is 24.5 Å². The van der Waals surface area contributed by atoms with Crippen molar-refractivity contribution in [2.45, 2.75) is 38.1 Å². The summed E-state index contributed by atoms with van der Waals surface area (Å²) in [6.07, 6.45) is 4.09. The van der Waals surface area contributed by atoms with E-state index in [1.807, 2.05) is 17.0 Å². The Balaban J connectivity index is 1.77. The lowest BCUT2D eigenvalue weighted by molar-refractivity contribution is -0.132. The van der Waals surface area contributed by atoms with Gasteiger partial charge in [-0.05, 0) is 37.8 Å². The van der Waals surface area contributed by atoms with Crippen LogP contribution in [0.15, 0.2) is 24.3 Å². The molecule has 5 nitrogen and oxygen atoms in total. The minimum absolute atomic E-state index is 0.130. The molecule has 0 radical (unpaired) electrons. The van der Waals surface area contributed by atoms with Crippen molar-refractivity contribution < 1.29 is 14.6 Å². The van der Waals surface area contributed by atoms with E-state index < -0.39 is 0 Å². The molecule has 116 valence electrons. The lowest BCUT2D eigenvalue weighted by Crippen LogP contribution is -2.36. The third-order valence-corrected chi connectivity index (χ3v) is 3.89. The number of benzene rings is 1. The van der Waals surface area contributed by atoms with Gasteiger partial charge in [-0.3, -0.25) is 4.79 Å². The number of anilines is 1. The van der Waals surface area contributed by atoms with Gasteiger partial charge in [0.05, 0.1) is 18.7 Å². The molecule has 0 saturated carbocycles. The van der Waals surface area contributed by atoms with Crippen LogP contribution >= 0.6 is 0 Å². The van der Waals surface area contributed by atoms with Gasteiger partial charge in [0.2, 0.25) is 5.91 Å². The summed E-state index contributed by atoms with van der Waals surface area (Å²) in [5.74, 6) is 0.758. The zero-order valence-electron chi connectivity index (χ0n) is 12.3. The predicted molar refractivity (Wildman–Crippen MR) is 82.0 cm³/mol. The van der Waals surface area contributed by atoms with Crippen molar-refractivity contribution in [3.8, 4) is 5.75 Å². The van der Waals surface area contributed by atoms with E-state index in [9.17, 15) is 4.79 Å². The Kier molecular flexibility index (Phi) is 5.87. The quantitative estimate of drug-likeness (QED) is 0.751. The molecule has 3 N–H and O–H groups in total. The van der Waals surface area contributed by atoms with Gasteiger partial charge in [0.1, 0.15) is 5.75 Å². The second-order valence-electron chi connectivity index (χ2n) is 5.39. The van der Waals surface area contributed by atoms with Crippen LogP contribution in [0.25, 0.3) is 0 Å². The molecular weight excluding hydrogens is 268 g/mol. The Labute approximate surface area is 125 Å². The number of carbonyl (C=O) groups excluding carboxylic acids is 1. The second-order valence-corrected chi connectivity index (χ2v) is 5.39. The van der Waals surface area contributed by atoms with E-state index in [4.69, 9.17) is 15.6 Å². The van der Waals surface area contributed by atoms with Gasteiger partial charge in [-0.1, -0.05) is 12.1 Å². The number of aliphatic hydroxyl groups excluding tert-OH is 1. The van der Waals surface area contributed by atoms with Crippen molar-refractivity contribution >= 4 is 11.6 Å². The molecule has 0 aliphatic carbocycles. The Hall–Kier alpha value is -1.75. The van der Waals surface area contributed by atoms with E-state index in [1.54, 1.807) is 12.1 Å². The van der Waals surface area contributed by atoms with Crippen LogP contribution in [-0.4, -0.2) is 41.7 Å². The number of nitrogens with zero attached hydrogens (tertiary/aromatic N) is 1. The van der Waals surface area contributed by atoms with Gasteiger partial charge in [-0.2, -0.15) is 0 Å². The number of para-hydroxylation sites is 2. The van der Waals surface area contributed by atoms with Gasteiger partial charge in [0.15, 0.2) is 0 Å². The first-order valence-electron chi connectivity index (χ1n) is 7.60. The maximum atomic E-state index is 12.2. The molecule has 21 heavy (non-hydrogen) atoms. The monoisotopic (exact) mass is 292 g/mol. The minimum Gasteiger partial charge on any atom is -0.491 e. The van der Waals surface area contributed by atoms with Crippen LogP contribution < -0.4 is 10.5 Å². The predicted octanol–water partition coefficient (Wildman–Crippen LogP) is 1.80. The molecule has 1 unspecified atom stereocenters. The molecule has 1 amide bonds. The van der Waals surface area contributed by atoms with Crippen molar-refractivity contribution in [1.82, 2.24) is 4.90 Å². The molecule has 2 rings (SSSR count). The van der Waals surface area contributed by atoms with Crippen molar-refractivity contribution in [2.24, 2.45) is 0 Å². The number of hydrogen-bond donors (Lipinski definition) is 2. The number of nitrogen functional groups attached to an aromatic ring is 1. The molecule has 1 aromatic rings. The molecule has 0 spiro atoms. The normalized spacial score (nSPS) is 18.0. The molecule has 1 heterocycles. The average Bonchev–Trinajstić information content (AvgIpc) is 2.95. The number of ether oxygens (including phenoxy) is 1. The summed E-state index contributed by atoms with van der Waals surface area (Å²) in [7, 11) is 0. The highest BCUT2D eigenvalue weighted by Crippen LogP contribution is 2.23. The van der Waals surface area contributed by atoms with Crippen LogP contribution in [-0.2, 0) is 4.79 Å². The summed E-state index contributed by atoms with van der Waals surface area (Å²) in [6, 6.07) is 7.58. The van der Waals surface area contributed by atoms with Crippen LogP contribution in [0.2, 0.25) is 0 Å². The molecule has 1 aliphatic heterocycles. The summed E-state index contributed by atoms with van der Waals surface area (Å²) in [5.41, 5.74) is 6.38. The van der Waals surface area contributed by atoms with E-state index in [1.165, 1.54) is 0 Å². The van der Waals surface area contributed by atoms with Gasteiger partial charge in [-0.25, -0.2) is 0 Å². The molecular formula is C16H24N2O3. The highest BCUT2D eigenvalue weighted by Gasteiger charge is 2.27. The van der Waals surface area contributed by atoms with E-state index >= 15 is 0 Å². The highest BCUT2D eigenvalue weighted by atomic mass is 16.5. The fourth-order valence-corrected chi connectivity index (χ4v) is 2.79. The number of likely N-dealkylation sites (tertiary alicyclic amines) is 1. The number of carbonyl (C=O) groups is 1. The zero-order valence-corrected chi connectivity index (χ0v) is 12.3. The van der Waals surface area contributed by atoms with E-state index in [-0.39, 0.29) is 18.6 Å². The van der Waals surface area contributed by atoms with Crippen molar-refractivity contribution in [2.75, 3.05) is 25.5 Å². The maximum absolute atomic E-state index is 12.2. The number of nitrogens with two attached hydrogens (primary N) is 1. The molecule has 1 atom stereocenters. The van der Waals surface area contributed by atoms with Crippen LogP contribution in [0.1, 0.15) is 32.1 Å². The third kappa shape index (κ3) is 4.36. The third-order valence-electron chi connectivity index (χ3n) is 3.89. The SMILES string of the molecule is Nc1ccccc1OCCC(=O)N1CCCC1CCCO. The molecule has 1 aliphatic rings. The zero-order chi connectivity index (χ0) is 15.1. The van der Waals surface area contributed by atoms with Crippen molar-refractivity contribution in [3.05, 3.63) is 24.3 Å². The van der Waals surface area contributed by atoms with Gasteiger partial charge in [-0.15, -0.1) is 0 Å². The van der Waals surface area contributed by atoms with Crippen LogP contribution in [0.4, 0.5) is 5.69 Å².